The van der Waals surface area contributed by atoms with Gasteiger partial charge in [0.15, 0.2) is 0 Å². The normalized spacial score (nSPS) is 16.3. The highest BCUT2D eigenvalue weighted by atomic mass is 16.5. The lowest BCUT2D eigenvalue weighted by Crippen LogP contribution is -2.38. The van der Waals surface area contributed by atoms with Crippen molar-refractivity contribution in [3.63, 3.8) is 0 Å². The van der Waals surface area contributed by atoms with E-state index in [0.29, 0.717) is 12.3 Å². The van der Waals surface area contributed by atoms with Crippen LogP contribution in [0.15, 0.2) is 24.3 Å². The van der Waals surface area contributed by atoms with E-state index in [1.165, 1.54) is 18.4 Å². The molecule has 1 aliphatic heterocycles. The largest absolute Gasteiger partial charge is 0.497 e. The van der Waals surface area contributed by atoms with E-state index >= 15 is 0 Å². The van der Waals surface area contributed by atoms with Gasteiger partial charge in [0.1, 0.15) is 5.75 Å². The van der Waals surface area contributed by atoms with Crippen molar-refractivity contribution in [3.05, 3.63) is 29.8 Å². The molecule has 0 aliphatic carbocycles. The Kier molecular flexibility index (Phi) is 7.40. The number of carbonyl (C=O) groups is 1. The van der Waals surface area contributed by atoms with Crippen LogP contribution >= 0.6 is 0 Å². The zero-order valence-electron chi connectivity index (χ0n) is 14.5. The van der Waals surface area contributed by atoms with E-state index in [1.807, 2.05) is 12.1 Å². The number of amides is 1. The Morgan fingerprint density at radius 1 is 1.26 bits per heavy atom. The smallest absolute Gasteiger partial charge is 0.220 e. The summed E-state index contributed by atoms with van der Waals surface area (Å²) in [5.74, 6) is 1.76. The van der Waals surface area contributed by atoms with Crippen LogP contribution in [0, 0.1) is 5.92 Å². The van der Waals surface area contributed by atoms with Crippen molar-refractivity contribution in [2.45, 2.75) is 45.6 Å². The molecule has 0 radical (unpaired) electrons. The van der Waals surface area contributed by atoms with E-state index in [4.69, 9.17) is 4.74 Å². The molecule has 23 heavy (non-hydrogen) atoms. The first-order valence-corrected chi connectivity index (χ1v) is 8.83. The second-order valence-corrected chi connectivity index (χ2v) is 6.48. The summed E-state index contributed by atoms with van der Waals surface area (Å²) >= 11 is 0. The summed E-state index contributed by atoms with van der Waals surface area (Å²) in [6.07, 6.45) is 5.09. The molecule has 0 bridgehead atoms. The maximum Gasteiger partial charge on any atom is 0.220 e. The van der Waals surface area contributed by atoms with Crippen LogP contribution in [0.3, 0.4) is 0 Å². The van der Waals surface area contributed by atoms with Crippen molar-refractivity contribution in [2.75, 3.05) is 26.7 Å². The van der Waals surface area contributed by atoms with Crippen molar-refractivity contribution >= 4 is 5.91 Å². The van der Waals surface area contributed by atoms with Gasteiger partial charge < -0.3 is 10.1 Å². The quantitative estimate of drug-likeness (QED) is 0.800. The van der Waals surface area contributed by atoms with Crippen LogP contribution in [0.1, 0.15) is 44.6 Å². The summed E-state index contributed by atoms with van der Waals surface area (Å²) < 4.78 is 5.20. The monoisotopic (exact) mass is 318 g/mol. The van der Waals surface area contributed by atoms with Crippen LogP contribution in [-0.2, 0) is 11.3 Å². The molecule has 0 aromatic heterocycles. The van der Waals surface area contributed by atoms with Crippen LogP contribution in [0.4, 0.5) is 0 Å². The van der Waals surface area contributed by atoms with Gasteiger partial charge in [-0.15, -0.1) is 0 Å². The second-order valence-electron chi connectivity index (χ2n) is 6.48. The third-order valence-corrected chi connectivity index (χ3v) is 4.62. The molecule has 1 aromatic carbocycles. The average molecular weight is 318 g/mol. The minimum atomic E-state index is 0.215. The number of benzene rings is 1. The maximum absolute atomic E-state index is 11.7. The number of ether oxygens (including phenoxy) is 1. The third kappa shape index (κ3) is 6.22. The van der Waals surface area contributed by atoms with Gasteiger partial charge in [0, 0.05) is 19.5 Å². The molecule has 1 aromatic rings. The highest BCUT2D eigenvalue weighted by Gasteiger charge is 2.19. The Labute approximate surface area is 140 Å². The van der Waals surface area contributed by atoms with Gasteiger partial charge in [0.05, 0.1) is 7.11 Å². The number of nitrogens with zero attached hydrogens (tertiary/aromatic N) is 1. The van der Waals surface area contributed by atoms with Crippen LogP contribution in [0.2, 0.25) is 0 Å². The third-order valence-electron chi connectivity index (χ3n) is 4.62. The number of hydrogen-bond donors (Lipinski definition) is 1. The van der Waals surface area contributed by atoms with Gasteiger partial charge in [-0.25, -0.2) is 0 Å². The van der Waals surface area contributed by atoms with Crippen LogP contribution in [-0.4, -0.2) is 37.6 Å². The molecule has 0 atom stereocenters. The molecule has 1 fully saturated rings. The fourth-order valence-corrected chi connectivity index (χ4v) is 3.02. The van der Waals surface area contributed by atoms with Crippen molar-refractivity contribution in [3.8, 4) is 5.75 Å². The topological polar surface area (TPSA) is 41.6 Å². The number of carbonyl (C=O) groups excluding carboxylic acids is 1. The number of likely N-dealkylation sites (tertiary alicyclic amines) is 1. The van der Waals surface area contributed by atoms with Crippen LogP contribution < -0.4 is 10.1 Å². The summed E-state index contributed by atoms with van der Waals surface area (Å²) in [7, 11) is 1.70. The predicted molar refractivity (Wildman–Crippen MR) is 93.5 cm³/mol. The Morgan fingerprint density at radius 2 is 1.96 bits per heavy atom. The van der Waals surface area contributed by atoms with E-state index in [9.17, 15) is 4.79 Å². The first kappa shape index (κ1) is 17.8. The second kappa shape index (κ2) is 9.56. The molecular formula is C19H30N2O2. The fourth-order valence-electron chi connectivity index (χ4n) is 3.02. The first-order chi connectivity index (χ1) is 11.2. The molecule has 1 aliphatic rings. The molecule has 4 nitrogen and oxygen atoms in total. The van der Waals surface area contributed by atoms with Crippen molar-refractivity contribution in [1.29, 1.82) is 0 Å². The zero-order valence-corrected chi connectivity index (χ0v) is 14.5. The summed E-state index contributed by atoms with van der Waals surface area (Å²) in [5, 5.41) is 3.09. The molecule has 1 saturated heterocycles. The fraction of sp³-hybridized carbons (Fsp3) is 0.632. The number of methoxy groups -OCH3 is 1. The van der Waals surface area contributed by atoms with Gasteiger partial charge >= 0.3 is 0 Å². The molecular weight excluding hydrogens is 288 g/mol. The van der Waals surface area contributed by atoms with Crippen molar-refractivity contribution < 1.29 is 9.53 Å². The molecule has 0 saturated carbocycles. The van der Waals surface area contributed by atoms with E-state index in [-0.39, 0.29) is 5.91 Å². The lowest BCUT2D eigenvalue weighted by atomic mass is 9.96. The van der Waals surface area contributed by atoms with Crippen molar-refractivity contribution in [1.82, 2.24) is 10.2 Å². The van der Waals surface area contributed by atoms with E-state index in [0.717, 1.165) is 44.8 Å². The Balaban J connectivity index is 1.66. The predicted octanol–water partition coefficient (Wildman–Crippen LogP) is 3.21. The van der Waals surface area contributed by atoms with Crippen molar-refractivity contribution in [2.24, 2.45) is 5.92 Å². The highest BCUT2D eigenvalue weighted by Crippen LogP contribution is 2.19. The zero-order chi connectivity index (χ0) is 16.5. The van der Waals surface area contributed by atoms with Gasteiger partial charge in [-0.05, 0) is 56.0 Å². The molecule has 1 N–H and O–H groups in total. The summed E-state index contributed by atoms with van der Waals surface area (Å²) in [6.45, 7) is 6.19. The highest BCUT2D eigenvalue weighted by molar-refractivity contribution is 5.75. The lowest BCUT2D eigenvalue weighted by Gasteiger charge is -2.32. The molecule has 2 rings (SSSR count). The molecule has 128 valence electrons. The number of unbranched alkanes of at least 4 members (excludes halogenated alkanes) is 1. The van der Waals surface area contributed by atoms with Crippen LogP contribution in [0.5, 0.6) is 5.75 Å². The lowest BCUT2D eigenvalue weighted by molar-refractivity contribution is -0.121. The number of piperidine rings is 1. The minimum Gasteiger partial charge on any atom is -0.497 e. The van der Waals surface area contributed by atoms with Crippen LogP contribution in [0.25, 0.3) is 0 Å². The van der Waals surface area contributed by atoms with Gasteiger partial charge in [0.2, 0.25) is 5.91 Å². The first-order valence-electron chi connectivity index (χ1n) is 8.83. The van der Waals surface area contributed by atoms with E-state index in [1.54, 1.807) is 7.11 Å². The Morgan fingerprint density at radius 3 is 2.57 bits per heavy atom. The molecule has 0 spiro atoms. The summed E-state index contributed by atoms with van der Waals surface area (Å²) in [6, 6.07) is 8.32. The Hall–Kier alpha value is -1.55. The minimum absolute atomic E-state index is 0.215. The average Bonchev–Trinajstić information content (AvgIpc) is 2.60. The standard InChI is InChI=1S/C19H30N2O2/c1-3-4-5-19(22)20-14-16-10-12-21(13-11-16)15-17-6-8-18(23-2)9-7-17/h6-9,16H,3-5,10-15H2,1-2H3,(H,20,22). The molecule has 4 heteroatoms. The van der Waals surface area contributed by atoms with Gasteiger partial charge in [-0.2, -0.15) is 0 Å². The number of hydrogen-bond acceptors (Lipinski definition) is 3. The summed E-state index contributed by atoms with van der Waals surface area (Å²) in [4.78, 5) is 14.2. The SMILES string of the molecule is CCCCC(=O)NCC1CCN(Cc2ccc(OC)cc2)CC1. The number of nitrogens with one attached hydrogen (secondary N) is 1. The molecule has 1 heterocycles. The van der Waals surface area contributed by atoms with E-state index in [2.05, 4.69) is 29.3 Å². The van der Waals surface area contributed by atoms with Gasteiger partial charge in [-0.3, -0.25) is 9.69 Å². The molecule has 1 amide bonds. The van der Waals surface area contributed by atoms with E-state index < -0.39 is 0 Å². The maximum atomic E-state index is 11.7. The molecule has 0 unspecified atom stereocenters. The Bertz CT molecular complexity index is 465. The number of rotatable bonds is 8. The van der Waals surface area contributed by atoms with Gasteiger partial charge in [0.25, 0.3) is 0 Å². The van der Waals surface area contributed by atoms with Gasteiger partial charge in [-0.1, -0.05) is 25.5 Å². The summed E-state index contributed by atoms with van der Waals surface area (Å²) in [5.41, 5.74) is 1.33.